The lowest BCUT2D eigenvalue weighted by molar-refractivity contribution is -0.138. The first-order valence-corrected chi connectivity index (χ1v) is 8.55. The lowest BCUT2D eigenvalue weighted by Crippen LogP contribution is -2.28. The molecule has 7 heteroatoms. The Hall–Kier alpha value is -1.73. The van der Waals surface area contributed by atoms with E-state index in [4.69, 9.17) is 4.74 Å². The topological polar surface area (TPSA) is 81.4 Å². The molecule has 1 N–H and O–H groups in total. The number of nitrogens with zero attached hydrogens (tertiary/aromatic N) is 2. The summed E-state index contributed by atoms with van der Waals surface area (Å²) in [5.41, 5.74) is 0.574. The number of thiophene rings is 1. The fourth-order valence-corrected chi connectivity index (χ4v) is 4.55. The highest BCUT2D eigenvalue weighted by atomic mass is 32.1. The van der Waals surface area contributed by atoms with Gasteiger partial charge in [0.25, 0.3) is 5.56 Å². The van der Waals surface area contributed by atoms with Crippen LogP contribution in [0.5, 0.6) is 0 Å². The number of rotatable bonds is 5. The van der Waals surface area contributed by atoms with Gasteiger partial charge in [0, 0.05) is 24.4 Å². The fourth-order valence-electron chi connectivity index (χ4n) is 3.29. The van der Waals surface area contributed by atoms with E-state index in [-0.39, 0.29) is 11.6 Å². The molecule has 3 rings (SSSR count). The average molecular weight is 336 g/mol. The van der Waals surface area contributed by atoms with E-state index >= 15 is 0 Å². The zero-order chi connectivity index (χ0) is 16.7. The number of aromatic nitrogens is 2. The molecule has 2 heterocycles. The molecule has 1 unspecified atom stereocenters. The van der Waals surface area contributed by atoms with Crippen molar-refractivity contribution in [2.24, 2.45) is 0 Å². The Kier molecular flexibility index (Phi) is 4.25. The Labute approximate surface area is 137 Å². The molecule has 23 heavy (non-hydrogen) atoms. The molecule has 0 amide bonds. The predicted molar refractivity (Wildman–Crippen MR) is 88.5 cm³/mol. The number of hydrogen-bond donors (Lipinski definition) is 1. The minimum absolute atomic E-state index is 0.0357. The first-order valence-electron chi connectivity index (χ1n) is 7.74. The summed E-state index contributed by atoms with van der Waals surface area (Å²) in [5.74, 6) is -0.743. The number of hydrogen-bond acceptors (Lipinski definition) is 5. The van der Waals surface area contributed by atoms with Crippen molar-refractivity contribution in [2.45, 2.75) is 45.1 Å². The van der Waals surface area contributed by atoms with Gasteiger partial charge in [-0.05, 0) is 32.3 Å². The summed E-state index contributed by atoms with van der Waals surface area (Å²) >= 11 is 1.46. The van der Waals surface area contributed by atoms with Gasteiger partial charge < -0.3 is 9.84 Å². The highest BCUT2D eigenvalue weighted by Gasteiger charge is 2.34. The second-order valence-electron chi connectivity index (χ2n) is 6.09. The van der Waals surface area contributed by atoms with Crippen molar-refractivity contribution >= 4 is 27.5 Å². The van der Waals surface area contributed by atoms with E-state index in [1.54, 1.807) is 11.7 Å². The fraction of sp³-hybridized carbons (Fsp3) is 0.562. The number of ether oxygens (including phenoxy) is 1. The molecule has 0 aliphatic heterocycles. The Morgan fingerprint density at radius 1 is 1.52 bits per heavy atom. The molecule has 1 atom stereocenters. The molecule has 6 nitrogen and oxygen atoms in total. The maximum Gasteiger partial charge on any atom is 0.311 e. The third kappa shape index (κ3) is 2.57. The van der Waals surface area contributed by atoms with Crippen LogP contribution in [0.25, 0.3) is 10.2 Å². The van der Waals surface area contributed by atoms with Gasteiger partial charge in [-0.15, -0.1) is 11.3 Å². The summed E-state index contributed by atoms with van der Waals surface area (Å²) < 4.78 is 6.78. The summed E-state index contributed by atoms with van der Waals surface area (Å²) in [5, 5.41) is 9.94. The molecule has 1 aliphatic carbocycles. The lowest BCUT2D eigenvalue weighted by atomic mass is 10.0. The molecular weight excluding hydrogens is 316 g/mol. The third-order valence-electron chi connectivity index (χ3n) is 4.30. The SMILES string of the molecule is COCCc1nc2sc3c(c2c(=O)n1C(C)C)C(C(=O)O)CC3. The zero-order valence-electron chi connectivity index (χ0n) is 13.5. The van der Waals surface area contributed by atoms with E-state index in [0.717, 1.165) is 4.88 Å². The Bertz CT molecular complexity index is 822. The minimum atomic E-state index is -0.859. The highest BCUT2D eigenvalue weighted by Crippen LogP contribution is 2.42. The Balaban J connectivity index is 2.27. The quantitative estimate of drug-likeness (QED) is 0.906. The average Bonchev–Trinajstić information content (AvgIpc) is 3.02. The van der Waals surface area contributed by atoms with Crippen molar-refractivity contribution in [3.63, 3.8) is 0 Å². The van der Waals surface area contributed by atoms with Crippen molar-refractivity contribution in [3.8, 4) is 0 Å². The highest BCUT2D eigenvalue weighted by molar-refractivity contribution is 7.18. The van der Waals surface area contributed by atoms with Gasteiger partial charge in [-0.25, -0.2) is 4.98 Å². The standard InChI is InChI=1S/C16H20N2O4S/c1-8(2)18-11(6-7-22-3)17-14-13(15(18)19)12-9(16(20)21)4-5-10(12)23-14/h8-9H,4-7H2,1-3H3,(H,20,21). The van der Waals surface area contributed by atoms with Gasteiger partial charge in [-0.1, -0.05) is 0 Å². The molecule has 0 aromatic carbocycles. The van der Waals surface area contributed by atoms with Gasteiger partial charge >= 0.3 is 5.97 Å². The van der Waals surface area contributed by atoms with E-state index in [9.17, 15) is 14.7 Å². The molecule has 0 saturated carbocycles. The Morgan fingerprint density at radius 2 is 2.26 bits per heavy atom. The van der Waals surface area contributed by atoms with E-state index in [0.29, 0.717) is 47.5 Å². The molecule has 1 aliphatic rings. The summed E-state index contributed by atoms with van der Waals surface area (Å²) in [6.07, 6.45) is 1.84. The van der Waals surface area contributed by atoms with E-state index < -0.39 is 11.9 Å². The predicted octanol–water partition coefficient (Wildman–Crippen LogP) is 2.34. The van der Waals surface area contributed by atoms with Crippen LogP contribution >= 0.6 is 11.3 Å². The molecule has 0 radical (unpaired) electrons. The zero-order valence-corrected chi connectivity index (χ0v) is 14.3. The second-order valence-corrected chi connectivity index (χ2v) is 7.17. The van der Waals surface area contributed by atoms with E-state index in [1.165, 1.54) is 11.3 Å². The van der Waals surface area contributed by atoms with Crippen LogP contribution in [-0.4, -0.2) is 34.3 Å². The normalized spacial score (nSPS) is 17.1. The number of aliphatic carboxylic acids is 1. The molecular formula is C16H20N2O4S. The number of aryl methyl sites for hydroxylation is 1. The molecule has 0 saturated heterocycles. The Morgan fingerprint density at radius 3 is 2.87 bits per heavy atom. The molecule has 0 fully saturated rings. The van der Waals surface area contributed by atoms with Gasteiger partial charge in [0.15, 0.2) is 0 Å². The van der Waals surface area contributed by atoms with Crippen LogP contribution in [0.2, 0.25) is 0 Å². The van der Waals surface area contributed by atoms with Crippen LogP contribution in [0, 0.1) is 0 Å². The van der Waals surface area contributed by atoms with Crippen LogP contribution in [0.4, 0.5) is 0 Å². The smallest absolute Gasteiger partial charge is 0.311 e. The molecule has 124 valence electrons. The number of carbonyl (C=O) groups is 1. The molecule has 2 aromatic rings. The van der Waals surface area contributed by atoms with Crippen molar-refractivity contribution in [2.75, 3.05) is 13.7 Å². The van der Waals surface area contributed by atoms with Crippen molar-refractivity contribution in [3.05, 3.63) is 26.6 Å². The second kappa shape index (κ2) is 6.05. The maximum absolute atomic E-state index is 13.0. The maximum atomic E-state index is 13.0. The van der Waals surface area contributed by atoms with Gasteiger partial charge in [-0.2, -0.15) is 0 Å². The van der Waals surface area contributed by atoms with Crippen LogP contribution in [0.1, 0.15) is 48.5 Å². The van der Waals surface area contributed by atoms with Gasteiger partial charge in [-0.3, -0.25) is 14.2 Å². The number of carboxylic acids is 1. The van der Waals surface area contributed by atoms with E-state index in [1.807, 2.05) is 13.8 Å². The van der Waals surface area contributed by atoms with E-state index in [2.05, 4.69) is 4.98 Å². The first-order chi connectivity index (χ1) is 11.0. The molecule has 2 aromatic heterocycles. The van der Waals surface area contributed by atoms with Crippen molar-refractivity contribution in [1.82, 2.24) is 9.55 Å². The summed E-state index contributed by atoms with van der Waals surface area (Å²) in [6.45, 7) is 4.37. The number of fused-ring (bicyclic) bond motifs is 3. The number of carboxylic acid groups (broad SMARTS) is 1. The summed E-state index contributed by atoms with van der Waals surface area (Å²) in [7, 11) is 1.62. The largest absolute Gasteiger partial charge is 0.481 e. The minimum Gasteiger partial charge on any atom is -0.481 e. The molecule has 0 spiro atoms. The van der Waals surface area contributed by atoms with Gasteiger partial charge in [0.2, 0.25) is 0 Å². The van der Waals surface area contributed by atoms with Crippen LogP contribution < -0.4 is 5.56 Å². The van der Waals surface area contributed by atoms with Crippen LogP contribution in [0.15, 0.2) is 4.79 Å². The van der Waals surface area contributed by atoms with Crippen LogP contribution in [-0.2, 0) is 22.4 Å². The summed E-state index contributed by atoms with van der Waals surface area (Å²) in [4.78, 5) is 30.9. The molecule has 0 bridgehead atoms. The van der Waals surface area contributed by atoms with Gasteiger partial charge in [0.05, 0.1) is 17.9 Å². The van der Waals surface area contributed by atoms with Crippen LogP contribution in [0.3, 0.4) is 0 Å². The van der Waals surface area contributed by atoms with Gasteiger partial charge in [0.1, 0.15) is 10.7 Å². The summed E-state index contributed by atoms with van der Waals surface area (Å²) in [6, 6.07) is -0.0357. The lowest BCUT2D eigenvalue weighted by Gasteiger charge is -2.16. The van der Waals surface area contributed by atoms with Crippen molar-refractivity contribution in [1.29, 1.82) is 0 Å². The first kappa shape index (κ1) is 16.1. The number of methoxy groups -OCH3 is 1. The van der Waals surface area contributed by atoms with Crippen molar-refractivity contribution < 1.29 is 14.6 Å². The third-order valence-corrected chi connectivity index (χ3v) is 5.46. The monoisotopic (exact) mass is 336 g/mol.